The van der Waals surface area contributed by atoms with Crippen molar-refractivity contribution in [3.8, 4) is 0 Å². The van der Waals surface area contributed by atoms with E-state index in [-0.39, 0.29) is 12.1 Å². The zero-order valence-corrected chi connectivity index (χ0v) is 10.9. The topological polar surface area (TPSA) is 35.5 Å². The van der Waals surface area contributed by atoms with Crippen LogP contribution in [0.1, 0.15) is 40.0 Å². The first-order chi connectivity index (χ1) is 8.06. The molecule has 0 radical (unpaired) electrons. The molecule has 1 heterocycles. The Morgan fingerprint density at radius 3 is 2.76 bits per heavy atom. The molecular formula is C14H22O3. The number of carbonyl (C=O) groups excluding carboxylic acids is 1. The van der Waals surface area contributed by atoms with Crippen molar-refractivity contribution in [1.29, 1.82) is 0 Å². The van der Waals surface area contributed by atoms with Gasteiger partial charge in [0, 0.05) is 6.08 Å². The molecule has 1 aliphatic carbocycles. The van der Waals surface area contributed by atoms with Gasteiger partial charge in [-0.15, -0.1) is 0 Å². The maximum absolute atomic E-state index is 11.0. The third kappa shape index (κ3) is 3.09. The second kappa shape index (κ2) is 5.21. The van der Waals surface area contributed by atoms with Gasteiger partial charge in [0.15, 0.2) is 0 Å². The Kier molecular flexibility index (Phi) is 3.87. The van der Waals surface area contributed by atoms with Gasteiger partial charge < -0.3 is 9.47 Å². The van der Waals surface area contributed by atoms with Gasteiger partial charge in [0.1, 0.15) is 0 Å². The molecule has 1 saturated carbocycles. The van der Waals surface area contributed by atoms with Gasteiger partial charge in [-0.1, -0.05) is 27.2 Å². The lowest BCUT2D eigenvalue weighted by atomic mass is 9.75. The minimum absolute atomic E-state index is 0.222. The van der Waals surface area contributed by atoms with E-state index >= 15 is 0 Å². The second-order valence-corrected chi connectivity index (χ2v) is 5.67. The average molecular weight is 238 g/mol. The summed E-state index contributed by atoms with van der Waals surface area (Å²) < 4.78 is 11.0. The van der Waals surface area contributed by atoms with E-state index in [2.05, 4.69) is 20.8 Å². The summed E-state index contributed by atoms with van der Waals surface area (Å²) in [6, 6.07) is 0. The molecule has 2 rings (SSSR count). The van der Waals surface area contributed by atoms with Crippen molar-refractivity contribution < 1.29 is 14.3 Å². The minimum Gasteiger partial charge on any atom is -0.429 e. The molecule has 3 heteroatoms. The highest BCUT2D eigenvalue weighted by atomic mass is 16.7. The number of cyclic esters (lactones) is 1. The Labute approximate surface area is 103 Å². The fourth-order valence-electron chi connectivity index (χ4n) is 2.87. The fraction of sp³-hybridized carbons (Fsp3) is 0.786. The van der Waals surface area contributed by atoms with Crippen LogP contribution in [0, 0.1) is 17.8 Å². The quantitative estimate of drug-likeness (QED) is 0.709. The van der Waals surface area contributed by atoms with E-state index in [9.17, 15) is 4.79 Å². The van der Waals surface area contributed by atoms with Crippen molar-refractivity contribution in [1.82, 2.24) is 0 Å². The van der Waals surface area contributed by atoms with E-state index in [0.29, 0.717) is 17.8 Å². The third-order valence-corrected chi connectivity index (χ3v) is 3.89. The van der Waals surface area contributed by atoms with Crippen LogP contribution in [0.4, 0.5) is 0 Å². The van der Waals surface area contributed by atoms with E-state index in [4.69, 9.17) is 9.47 Å². The predicted octanol–water partition coefficient (Wildman–Crippen LogP) is 2.90. The smallest absolute Gasteiger partial charge is 0.333 e. The first-order valence-corrected chi connectivity index (χ1v) is 6.60. The van der Waals surface area contributed by atoms with Crippen LogP contribution in [0.25, 0.3) is 0 Å². The molecule has 3 nitrogen and oxygen atoms in total. The predicted molar refractivity (Wildman–Crippen MR) is 65.2 cm³/mol. The van der Waals surface area contributed by atoms with Gasteiger partial charge in [0.05, 0.1) is 6.10 Å². The molecule has 0 bridgehead atoms. The minimum atomic E-state index is -0.459. The molecule has 0 amide bonds. The summed E-state index contributed by atoms with van der Waals surface area (Å²) in [6.07, 6.45) is 6.49. The summed E-state index contributed by atoms with van der Waals surface area (Å²) >= 11 is 0. The number of rotatable bonds is 3. The summed E-state index contributed by atoms with van der Waals surface area (Å²) in [5.41, 5.74) is 0. The Bertz CT molecular complexity index is 309. The van der Waals surface area contributed by atoms with E-state index in [0.717, 1.165) is 6.42 Å². The molecule has 96 valence electrons. The maximum Gasteiger partial charge on any atom is 0.333 e. The molecular weight excluding hydrogens is 216 g/mol. The Balaban J connectivity index is 1.95. The van der Waals surface area contributed by atoms with E-state index < -0.39 is 6.29 Å². The van der Waals surface area contributed by atoms with Crippen molar-refractivity contribution in [2.45, 2.75) is 52.4 Å². The summed E-state index contributed by atoms with van der Waals surface area (Å²) in [6.45, 7) is 6.75. The van der Waals surface area contributed by atoms with Gasteiger partial charge in [0.2, 0.25) is 6.29 Å². The zero-order chi connectivity index (χ0) is 12.4. The van der Waals surface area contributed by atoms with Crippen LogP contribution in [-0.4, -0.2) is 18.4 Å². The van der Waals surface area contributed by atoms with Crippen molar-refractivity contribution in [2.24, 2.45) is 17.8 Å². The van der Waals surface area contributed by atoms with Gasteiger partial charge in [-0.05, 0) is 36.7 Å². The lowest BCUT2D eigenvalue weighted by Gasteiger charge is -2.37. The molecule has 2 aliphatic rings. The van der Waals surface area contributed by atoms with Crippen LogP contribution in [0.5, 0.6) is 0 Å². The van der Waals surface area contributed by atoms with Gasteiger partial charge in [-0.25, -0.2) is 4.79 Å². The van der Waals surface area contributed by atoms with Crippen molar-refractivity contribution in [3.63, 3.8) is 0 Å². The maximum atomic E-state index is 11.0. The lowest BCUT2D eigenvalue weighted by Crippen LogP contribution is -2.36. The van der Waals surface area contributed by atoms with Crippen LogP contribution in [0.2, 0.25) is 0 Å². The molecule has 4 atom stereocenters. The highest BCUT2D eigenvalue weighted by molar-refractivity contribution is 5.84. The lowest BCUT2D eigenvalue weighted by molar-refractivity contribution is -0.178. The summed E-state index contributed by atoms with van der Waals surface area (Å²) in [5, 5.41) is 0. The summed E-state index contributed by atoms with van der Waals surface area (Å²) in [7, 11) is 0. The van der Waals surface area contributed by atoms with Crippen LogP contribution in [-0.2, 0) is 14.3 Å². The number of ether oxygens (including phenoxy) is 2. The Morgan fingerprint density at radius 1 is 1.41 bits per heavy atom. The van der Waals surface area contributed by atoms with Gasteiger partial charge >= 0.3 is 5.97 Å². The Morgan fingerprint density at radius 2 is 2.18 bits per heavy atom. The molecule has 0 N–H and O–H groups in total. The summed E-state index contributed by atoms with van der Waals surface area (Å²) in [4.78, 5) is 11.0. The fourth-order valence-corrected chi connectivity index (χ4v) is 2.87. The van der Waals surface area contributed by atoms with Gasteiger partial charge in [-0.3, -0.25) is 0 Å². The molecule has 17 heavy (non-hydrogen) atoms. The van der Waals surface area contributed by atoms with Crippen molar-refractivity contribution in [2.75, 3.05) is 0 Å². The first-order valence-electron chi connectivity index (χ1n) is 6.60. The van der Waals surface area contributed by atoms with Crippen LogP contribution in [0.15, 0.2) is 12.2 Å². The second-order valence-electron chi connectivity index (χ2n) is 5.67. The van der Waals surface area contributed by atoms with Gasteiger partial charge in [-0.2, -0.15) is 0 Å². The zero-order valence-electron chi connectivity index (χ0n) is 10.9. The monoisotopic (exact) mass is 238 g/mol. The van der Waals surface area contributed by atoms with Crippen LogP contribution in [0.3, 0.4) is 0 Å². The number of carbonyl (C=O) groups is 1. The molecule has 0 aromatic carbocycles. The number of hydrogen-bond donors (Lipinski definition) is 0. The standard InChI is InChI=1S/C14H22O3/c1-9(2)11-5-4-10(3)8-12(11)16-14-7-6-13(15)17-14/h6-7,9-12,14H,4-5,8H2,1-3H3/t10-,11+,12+,14+/m0/s1. The van der Waals surface area contributed by atoms with Crippen molar-refractivity contribution in [3.05, 3.63) is 12.2 Å². The Hall–Kier alpha value is -0.830. The van der Waals surface area contributed by atoms with E-state index in [1.165, 1.54) is 18.9 Å². The SMILES string of the molecule is CC(C)[C@H]1CC[C@H](C)C[C@H]1O[C@H]1C=CC(=O)O1. The molecule has 1 fully saturated rings. The van der Waals surface area contributed by atoms with Gasteiger partial charge in [0.25, 0.3) is 0 Å². The number of hydrogen-bond acceptors (Lipinski definition) is 3. The average Bonchev–Trinajstić information content (AvgIpc) is 2.63. The largest absolute Gasteiger partial charge is 0.429 e. The molecule has 1 aliphatic heterocycles. The third-order valence-electron chi connectivity index (χ3n) is 3.89. The molecule has 0 aromatic rings. The van der Waals surface area contributed by atoms with Crippen LogP contribution >= 0.6 is 0 Å². The van der Waals surface area contributed by atoms with E-state index in [1.54, 1.807) is 6.08 Å². The van der Waals surface area contributed by atoms with E-state index in [1.807, 2.05) is 0 Å². The highest BCUT2D eigenvalue weighted by Gasteiger charge is 2.34. The van der Waals surface area contributed by atoms with Crippen molar-refractivity contribution >= 4 is 5.97 Å². The molecule has 0 aromatic heterocycles. The molecule has 0 spiro atoms. The first kappa shape index (κ1) is 12.6. The molecule has 0 saturated heterocycles. The normalized spacial score (nSPS) is 37.5. The highest BCUT2D eigenvalue weighted by Crippen LogP contribution is 2.36. The summed E-state index contributed by atoms with van der Waals surface area (Å²) in [5.74, 6) is 1.61. The number of esters is 1. The van der Waals surface area contributed by atoms with Crippen LogP contribution < -0.4 is 0 Å². The molecule has 0 unspecified atom stereocenters.